The van der Waals surface area contributed by atoms with Crippen molar-refractivity contribution in [1.82, 2.24) is 5.32 Å². The average molecular weight is 430 g/mol. The first kappa shape index (κ1) is 20.4. The highest BCUT2D eigenvalue weighted by molar-refractivity contribution is 7.99. The Morgan fingerprint density at radius 3 is 2.47 bits per heavy atom. The summed E-state index contributed by atoms with van der Waals surface area (Å²) >= 11 is 1.62. The molecule has 0 radical (unpaired) electrons. The molecule has 0 unspecified atom stereocenters. The van der Waals surface area contributed by atoms with Crippen LogP contribution in [0, 0.1) is 17.8 Å². The number of esters is 1. The summed E-state index contributed by atoms with van der Waals surface area (Å²) in [6.45, 7) is 0.624. The molecule has 0 aromatic heterocycles. The Morgan fingerprint density at radius 2 is 1.80 bits per heavy atom. The van der Waals surface area contributed by atoms with Crippen LogP contribution in [0.4, 0.5) is 0 Å². The third-order valence-electron chi connectivity index (χ3n) is 7.33. The van der Waals surface area contributed by atoms with E-state index in [0.29, 0.717) is 5.56 Å². The molecule has 1 saturated heterocycles. The van der Waals surface area contributed by atoms with Gasteiger partial charge < -0.3 is 14.8 Å². The molecule has 4 bridgehead atoms. The maximum absolute atomic E-state index is 12.7. The van der Waals surface area contributed by atoms with E-state index in [-0.39, 0.29) is 24.2 Å². The van der Waals surface area contributed by atoms with E-state index in [0.717, 1.165) is 67.1 Å². The molecule has 6 heteroatoms. The molecule has 1 aliphatic heterocycles. The summed E-state index contributed by atoms with van der Waals surface area (Å²) in [6, 6.07) is 7.47. The number of carbonyl (C=O) groups is 2. The molecule has 1 N–H and O–H groups in total. The molecule has 6 rings (SSSR count). The van der Waals surface area contributed by atoms with Gasteiger partial charge in [0.1, 0.15) is 0 Å². The molecule has 1 aromatic rings. The van der Waals surface area contributed by atoms with E-state index in [1.807, 2.05) is 18.2 Å². The van der Waals surface area contributed by atoms with Crippen LogP contribution in [0.5, 0.6) is 0 Å². The van der Waals surface area contributed by atoms with Gasteiger partial charge in [-0.15, -0.1) is 11.8 Å². The molecule has 0 spiro atoms. The van der Waals surface area contributed by atoms with E-state index >= 15 is 0 Å². The summed E-state index contributed by atoms with van der Waals surface area (Å²) in [5.41, 5.74) is 0.482. The van der Waals surface area contributed by atoms with Crippen LogP contribution in [0.25, 0.3) is 0 Å². The van der Waals surface area contributed by atoms with Crippen molar-refractivity contribution in [3.63, 3.8) is 0 Å². The fourth-order valence-corrected chi connectivity index (χ4v) is 7.63. The van der Waals surface area contributed by atoms with E-state index in [1.54, 1.807) is 17.8 Å². The van der Waals surface area contributed by atoms with Crippen LogP contribution >= 0.6 is 11.8 Å². The van der Waals surface area contributed by atoms with Crippen molar-refractivity contribution in [1.29, 1.82) is 0 Å². The van der Waals surface area contributed by atoms with E-state index in [1.165, 1.54) is 19.3 Å². The third kappa shape index (κ3) is 4.40. The first-order chi connectivity index (χ1) is 14.6. The van der Waals surface area contributed by atoms with Crippen molar-refractivity contribution in [3.05, 3.63) is 29.8 Å². The van der Waals surface area contributed by atoms with Crippen LogP contribution in [-0.2, 0) is 14.3 Å². The summed E-state index contributed by atoms with van der Waals surface area (Å²) in [5, 5.41) is 3.27. The quantitative estimate of drug-likeness (QED) is 0.520. The number of hydrogen-bond acceptors (Lipinski definition) is 5. The predicted molar refractivity (Wildman–Crippen MR) is 115 cm³/mol. The van der Waals surface area contributed by atoms with Gasteiger partial charge in [-0.25, -0.2) is 4.79 Å². The lowest BCUT2D eigenvalue weighted by Crippen LogP contribution is -2.60. The van der Waals surface area contributed by atoms with Crippen LogP contribution in [0.15, 0.2) is 29.2 Å². The molecule has 4 saturated carbocycles. The fourth-order valence-electron chi connectivity index (χ4n) is 6.52. The third-order valence-corrected chi connectivity index (χ3v) is 8.54. The van der Waals surface area contributed by atoms with Gasteiger partial charge in [0.05, 0.1) is 11.7 Å². The number of nitrogens with one attached hydrogen (secondary N) is 1. The highest BCUT2D eigenvalue weighted by atomic mass is 32.2. The minimum Gasteiger partial charge on any atom is -0.452 e. The highest BCUT2D eigenvalue weighted by Gasteiger charge is 2.51. The first-order valence-corrected chi connectivity index (χ1v) is 12.4. The Bertz CT molecular complexity index is 769. The number of rotatable bonds is 7. The molecule has 30 heavy (non-hydrogen) atoms. The molecular formula is C24H31NO4S. The van der Waals surface area contributed by atoms with Crippen LogP contribution in [0.2, 0.25) is 0 Å². The number of amides is 1. The van der Waals surface area contributed by atoms with Gasteiger partial charge in [-0.1, -0.05) is 12.1 Å². The van der Waals surface area contributed by atoms with Crippen LogP contribution in [0.1, 0.15) is 61.7 Å². The summed E-state index contributed by atoms with van der Waals surface area (Å²) in [4.78, 5) is 26.2. The van der Waals surface area contributed by atoms with Gasteiger partial charge in [0.2, 0.25) is 0 Å². The van der Waals surface area contributed by atoms with Crippen molar-refractivity contribution >= 4 is 23.6 Å². The largest absolute Gasteiger partial charge is 0.452 e. The number of carbonyl (C=O) groups excluding carboxylic acids is 2. The SMILES string of the molecule is O=C(COC(=O)c1ccccc1SC[C@H]1CCCO1)NC12CC3CC(CC(C3)C1)C2. The lowest BCUT2D eigenvalue weighted by Gasteiger charge is -2.56. The molecule has 5 nitrogen and oxygen atoms in total. The zero-order chi connectivity index (χ0) is 20.6. The minimum absolute atomic E-state index is 0.0483. The molecule has 5 fully saturated rings. The van der Waals surface area contributed by atoms with E-state index in [4.69, 9.17) is 9.47 Å². The topological polar surface area (TPSA) is 64.6 Å². The normalized spacial score (nSPS) is 34.1. The standard InChI is InChI=1S/C24H31NO4S/c26-22(25-24-11-16-8-17(12-24)10-18(9-16)13-24)14-29-23(27)20-5-1-2-6-21(20)30-15-19-4-3-7-28-19/h1-2,5-6,16-19H,3-4,7-15H2,(H,25,26)/t16?,17?,18?,19-,24?/m1/s1. The van der Waals surface area contributed by atoms with Crippen molar-refractivity contribution < 1.29 is 19.1 Å². The van der Waals surface area contributed by atoms with Gasteiger partial charge in [-0.3, -0.25) is 4.79 Å². The second kappa shape index (κ2) is 8.54. The maximum Gasteiger partial charge on any atom is 0.339 e. The second-order valence-corrected chi connectivity index (χ2v) is 10.8. The minimum atomic E-state index is -0.425. The smallest absolute Gasteiger partial charge is 0.339 e. The van der Waals surface area contributed by atoms with Gasteiger partial charge in [0.15, 0.2) is 6.61 Å². The van der Waals surface area contributed by atoms with E-state index < -0.39 is 5.97 Å². The lowest BCUT2D eigenvalue weighted by atomic mass is 9.53. The number of hydrogen-bond donors (Lipinski definition) is 1. The van der Waals surface area contributed by atoms with Gasteiger partial charge >= 0.3 is 5.97 Å². The molecule has 162 valence electrons. The maximum atomic E-state index is 12.7. The fraction of sp³-hybridized carbons (Fsp3) is 0.667. The molecule has 1 amide bonds. The molecule has 1 atom stereocenters. The van der Waals surface area contributed by atoms with Crippen molar-refractivity contribution in [2.24, 2.45) is 17.8 Å². The Morgan fingerprint density at radius 1 is 1.10 bits per heavy atom. The highest BCUT2D eigenvalue weighted by Crippen LogP contribution is 2.55. The Hall–Kier alpha value is -1.53. The molecule has 1 aromatic carbocycles. The van der Waals surface area contributed by atoms with Gasteiger partial charge in [-0.05, 0) is 81.3 Å². The Labute approximate surface area is 182 Å². The summed E-state index contributed by atoms with van der Waals surface area (Å²) in [7, 11) is 0. The van der Waals surface area contributed by atoms with Crippen LogP contribution in [-0.4, -0.2) is 42.5 Å². The Kier molecular flexibility index (Phi) is 5.80. The van der Waals surface area contributed by atoms with E-state index in [2.05, 4.69) is 5.32 Å². The molecule has 1 heterocycles. The van der Waals surface area contributed by atoms with Crippen molar-refractivity contribution in [2.45, 2.75) is 67.9 Å². The van der Waals surface area contributed by atoms with Gasteiger partial charge in [-0.2, -0.15) is 0 Å². The Balaban J connectivity index is 1.15. The summed E-state index contributed by atoms with van der Waals surface area (Å²) in [6.07, 6.45) is 9.74. The van der Waals surface area contributed by atoms with E-state index in [9.17, 15) is 9.59 Å². The van der Waals surface area contributed by atoms with Gasteiger partial charge in [0.25, 0.3) is 5.91 Å². The monoisotopic (exact) mass is 429 g/mol. The second-order valence-electron chi connectivity index (χ2n) is 9.76. The summed E-state index contributed by atoms with van der Waals surface area (Å²) < 4.78 is 11.1. The number of benzene rings is 1. The zero-order valence-electron chi connectivity index (χ0n) is 17.4. The average Bonchev–Trinajstić information content (AvgIpc) is 3.23. The van der Waals surface area contributed by atoms with Crippen LogP contribution < -0.4 is 5.32 Å². The number of thioether (sulfide) groups is 1. The molecule has 5 aliphatic rings. The van der Waals surface area contributed by atoms with Gasteiger partial charge in [0, 0.05) is 22.8 Å². The lowest BCUT2D eigenvalue weighted by molar-refractivity contribution is -0.130. The van der Waals surface area contributed by atoms with Crippen LogP contribution in [0.3, 0.4) is 0 Å². The molecular weight excluding hydrogens is 398 g/mol. The first-order valence-electron chi connectivity index (χ1n) is 11.4. The zero-order valence-corrected chi connectivity index (χ0v) is 18.3. The predicted octanol–water partition coefficient (Wildman–Crippen LogP) is 4.20. The number of ether oxygens (including phenoxy) is 2. The summed E-state index contributed by atoms with van der Waals surface area (Å²) in [5.74, 6) is 2.56. The van der Waals surface area contributed by atoms with Crippen molar-refractivity contribution in [3.8, 4) is 0 Å². The molecule has 4 aliphatic carbocycles. The van der Waals surface area contributed by atoms with Crippen molar-refractivity contribution in [2.75, 3.05) is 19.0 Å².